The van der Waals surface area contributed by atoms with Crippen LogP contribution in [0.3, 0.4) is 0 Å². The molecule has 6 heteroatoms. The van der Waals surface area contributed by atoms with E-state index in [9.17, 15) is 14.7 Å². The number of hydrogen-bond acceptors (Lipinski definition) is 4. The van der Waals surface area contributed by atoms with Crippen molar-refractivity contribution in [1.82, 2.24) is 4.98 Å². The zero-order chi connectivity index (χ0) is 15.0. The van der Waals surface area contributed by atoms with Crippen molar-refractivity contribution in [3.63, 3.8) is 0 Å². The highest BCUT2D eigenvalue weighted by Gasteiger charge is 2.41. The van der Waals surface area contributed by atoms with E-state index in [4.69, 9.17) is 0 Å². The first-order valence-electron chi connectivity index (χ1n) is 7.57. The van der Waals surface area contributed by atoms with Crippen LogP contribution >= 0.6 is 11.3 Å². The second-order valence-electron chi connectivity index (χ2n) is 6.21. The maximum Gasteiger partial charge on any atom is 0.307 e. The van der Waals surface area contributed by atoms with Crippen LogP contribution in [-0.4, -0.2) is 22.0 Å². The van der Waals surface area contributed by atoms with Gasteiger partial charge in [0.2, 0.25) is 5.91 Å². The van der Waals surface area contributed by atoms with Crippen LogP contribution in [-0.2, 0) is 22.4 Å². The number of fused-ring (bicyclic) bond motifs is 1. The molecule has 1 saturated carbocycles. The van der Waals surface area contributed by atoms with Crippen LogP contribution in [0.15, 0.2) is 0 Å². The molecule has 2 aliphatic rings. The molecule has 0 radical (unpaired) electrons. The fourth-order valence-corrected chi connectivity index (χ4v) is 4.51. The summed E-state index contributed by atoms with van der Waals surface area (Å²) in [6.07, 6.45) is 5.60. The van der Waals surface area contributed by atoms with E-state index in [1.165, 1.54) is 11.3 Å². The SMILES string of the molecule is CC1C[C@H](C(=O)Nc2nc3c(s2)CCCC3)[C@H](C(=O)O)C1. The molecule has 1 amide bonds. The number of rotatable bonds is 3. The third-order valence-electron chi connectivity index (χ3n) is 4.53. The van der Waals surface area contributed by atoms with Gasteiger partial charge in [0.25, 0.3) is 0 Å². The van der Waals surface area contributed by atoms with Gasteiger partial charge in [0.15, 0.2) is 5.13 Å². The van der Waals surface area contributed by atoms with Crippen molar-refractivity contribution in [1.29, 1.82) is 0 Å². The first kappa shape index (κ1) is 14.5. The van der Waals surface area contributed by atoms with Crippen LogP contribution in [0.25, 0.3) is 0 Å². The molecular weight excluding hydrogens is 288 g/mol. The second-order valence-corrected chi connectivity index (χ2v) is 7.30. The van der Waals surface area contributed by atoms with Gasteiger partial charge in [-0.2, -0.15) is 0 Å². The molecule has 0 spiro atoms. The number of hydrogen-bond donors (Lipinski definition) is 2. The lowest BCUT2D eigenvalue weighted by Crippen LogP contribution is -2.29. The summed E-state index contributed by atoms with van der Waals surface area (Å²) in [4.78, 5) is 29.4. The number of aromatic nitrogens is 1. The molecular formula is C15H20N2O3S. The van der Waals surface area contributed by atoms with Crippen molar-refractivity contribution in [3.8, 4) is 0 Å². The first-order valence-corrected chi connectivity index (χ1v) is 8.38. The summed E-state index contributed by atoms with van der Waals surface area (Å²) in [6, 6.07) is 0. The zero-order valence-electron chi connectivity index (χ0n) is 12.1. The van der Waals surface area contributed by atoms with E-state index in [1.807, 2.05) is 6.92 Å². The van der Waals surface area contributed by atoms with Crippen LogP contribution < -0.4 is 5.32 Å². The third kappa shape index (κ3) is 2.95. The molecule has 0 aromatic carbocycles. The number of thiazole rings is 1. The van der Waals surface area contributed by atoms with Gasteiger partial charge in [-0.3, -0.25) is 9.59 Å². The van der Waals surface area contributed by atoms with Crippen molar-refractivity contribution < 1.29 is 14.7 Å². The normalized spacial score (nSPS) is 28.1. The van der Waals surface area contributed by atoms with Crippen molar-refractivity contribution in [2.75, 3.05) is 5.32 Å². The zero-order valence-corrected chi connectivity index (χ0v) is 12.9. The molecule has 2 N–H and O–H groups in total. The third-order valence-corrected chi connectivity index (χ3v) is 5.60. The molecule has 1 unspecified atom stereocenters. The molecule has 114 valence electrons. The highest BCUT2D eigenvalue weighted by molar-refractivity contribution is 7.15. The summed E-state index contributed by atoms with van der Waals surface area (Å²) in [5.74, 6) is -1.75. The van der Waals surface area contributed by atoms with E-state index in [0.29, 0.717) is 18.0 Å². The van der Waals surface area contributed by atoms with Crippen molar-refractivity contribution in [3.05, 3.63) is 10.6 Å². The largest absolute Gasteiger partial charge is 0.481 e. The monoisotopic (exact) mass is 308 g/mol. The smallest absolute Gasteiger partial charge is 0.307 e. The van der Waals surface area contributed by atoms with E-state index in [1.54, 1.807) is 11.3 Å². The molecule has 0 aliphatic heterocycles. The lowest BCUT2D eigenvalue weighted by Gasteiger charge is -2.14. The fraction of sp³-hybridized carbons (Fsp3) is 0.667. The second kappa shape index (κ2) is 5.75. The van der Waals surface area contributed by atoms with Crippen LogP contribution in [0.1, 0.15) is 43.2 Å². The highest BCUT2D eigenvalue weighted by Crippen LogP contribution is 2.37. The maximum atomic E-state index is 12.4. The van der Waals surface area contributed by atoms with E-state index in [2.05, 4.69) is 10.3 Å². The number of amides is 1. The number of anilines is 1. The molecule has 1 fully saturated rings. The number of carbonyl (C=O) groups is 2. The quantitative estimate of drug-likeness (QED) is 0.900. The number of carboxylic acids is 1. The predicted molar refractivity (Wildman–Crippen MR) is 80.4 cm³/mol. The highest BCUT2D eigenvalue weighted by atomic mass is 32.1. The van der Waals surface area contributed by atoms with Gasteiger partial charge in [-0.05, 0) is 44.4 Å². The van der Waals surface area contributed by atoms with Crippen molar-refractivity contribution >= 4 is 28.3 Å². The van der Waals surface area contributed by atoms with Gasteiger partial charge in [-0.25, -0.2) is 4.98 Å². The summed E-state index contributed by atoms with van der Waals surface area (Å²) in [5, 5.41) is 12.7. The van der Waals surface area contributed by atoms with Crippen LogP contribution in [0, 0.1) is 17.8 Å². The van der Waals surface area contributed by atoms with Crippen LogP contribution in [0.2, 0.25) is 0 Å². The molecule has 1 aromatic heterocycles. The molecule has 2 aliphatic carbocycles. The Morgan fingerprint density at radius 1 is 1.24 bits per heavy atom. The molecule has 0 bridgehead atoms. The minimum atomic E-state index is -0.863. The number of nitrogens with one attached hydrogen (secondary N) is 1. The number of aryl methyl sites for hydroxylation is 2. The van der Waals surface area contributed by atoms with Crippen molar-refractivity contribution in [2.24, 2.45) is 17.8 Å². The average molecular weight is 308 g/mol. The average Bonchev–Trinajstić information content (AvgIpc) is 3.01. The minimum Gasteiger partial charge on any atom is -0.481 e. The standard InChI is InChI=1S/C15H20N2O3S/c1-8-6-9(10(7-8)14(19)20)13(18)17-15-16-11-4-2-3-5-12(11)21-15/h8-10H,2-7H2,1H3,(H,19,20)(H,16,17,18)/t8?,9-,10+/m0/s1. The van der Waals surface area contributed by atoms with E-state index < -0.39 is 17.8 Å². The van der Waals surface area contributed by atoms with Gasteiger partial charge in [0.05, 0.1) is 17.5 Å². The molecule has 21 heavy (non-hydrogen) atoms. The molecule has 1 heterocycles. The van der Waals surface area contributed by atoms with Gasteiger partial charge in [0, 0.05) is 4.88 Å². The van der Waals surface area contributed by atoms with Gasteiger partial charge in [0.1, 0.15) is 0 Å². The van der Waals surface area contributed by atoms with E-state index >= 15 is 0 Å². The lowest BCUT2D eigenvalue weighted by molar-refractivity contribution is -0.145. The molecule has 0 saturated heterocycles. The Hall–Kier alpha value is -1.43. The molecule has 3 rings (SSSR count). The van der Waals surface area contributed by atoms with E-state index in [0.717, 1.165) is 25.0 Å². The first-order chi connectivity index (χ1) is 10.0. The number of carboxylic acid groups (broad SMARTS) is 1. The summed E-state index contributed by atoms with van der Waals surface area (Å²) in [5.41, 5.74) is 1.11. The number of carbonyl (C=O) groups excluding carboxylic acids is 1. The summed E-state index contributed by atoms with van der Waals surface area (Å²) < 4.78 is 0. The molecule has 1 aromatic rings. The van der Waals surface area contributed by atoms with Gasteiger partial charge in [-0.1, -0.05) is 6.92 Å². The topological polar surface area (TPSA) is 79.3 Å². The van der Waals surface area contributed by atoms with Crippen molar-refractivity contribution in [2.45, 2.75) is 45.4 Å². The van der Waals surface area contributed by atoms with Gasteiger partial charge in [-0.15, -0.1) is 11.3 Å². The Kier molecular flexibility index (Phi) is 3.97. The Morgan fingerprint density at radius 3 is 2.67 bits per heavy atom. The van der Waals surface area contributed by atoms with Crippen LogP contribution in [0.4, 0.5) is 5.13 Å². The maximum absolute atomic E-state index is 12.4. The number of aliphatic carboxylic acids is 1. The minimum absolute atomic E-state index is 0.183. The van der Waals surface area contributed by atoms with Crippen LogP contribution in [0.5, 0.6) is 0 Å². The Labute approximate surface area is 127 Å². The summed E-state index contributed by atoms with van der Waals surface area (Å²) >= 11 is 1.54. The Balaban J connectivity index is 1.71. The number of nitrogens with zero attached hydrogens (tertiary/aromatic N) is 1. The summed E-state index contributed by atoms with van der Waals surface area (Å²) in [6.45, 7) is 2.01. The Morgan fingerprint density at radius 2 is 1.95 bits per heavy atom. The lowest BCUT2D eigenvalue weighted by atomic mass is 9.95. The van der Waals surface area contributed by atoms with E-state index in [-0.39, 0.29) is 11.8 Å². The summed E-state index contributed by atoms with van der Waals surface area (Å²) in [7, 11) is 0. The van der Waals surface area contributed by atoms with Gasteiger partial charge >= 0.3 is 5.97 Å². The van der Waals surface area contributed by atoms with Gasteiger partial charge < -0.3 is 10.4 Å². The Bertz CT molecular complexity index is 546. The predicted octanol–water partition coefficient (Wildman–Crippen LogP) is 2.71. The molecule has 3 atom stereocenters. The fourth-order valence-electron chi connectivity index (χ4n) is 3.46. The molecule has 5 nitrogen and oxygen atoms in total.